The molecule has 0 radical (unpaired) electrons. The quantitative estimate of drug-likeness (QED) is 0.850. The van der Waals surface area contributed by atoms with Gasteiger partial charge in [0, 0.05) is 12.1 Å². The summed E-state index contributed by atoms with van der Waals surface area (Å²) in [6.07, 6.45) is 6.40. The molecule has 1 aliphatic rings. The Labute approximate surface area is 101 Å². The summed E-state index contributed by atoms with van der Waals surface area (Å²) in [6.45, 7) is 0.274. The summed E-state index contributed by atoms with van der Waals surface area (Å²) in [7, 11) is -3.55. The van der Waals surface area contributed by atoms with Gasteiger partial charge in [-0.25, -0.2) is 13.1 Å². The van der Waals surface area contributed by atoms with Crippen LogP contribution in [0.5, 0.6) is 0 Å². The molecule has 17 heavy (non-hydrogen) atoms. The van der Waals surface area contributed by atoms with Gasteiger partial charge in [-0.3, -0.25) is 0 Å². The van der Waals surface area contributed by atoms with Crippen molar-refractivity contribution in [2.45, 2.75) is 42.7 Å². The monoisotopic (exact) mass is 258 g/mol. The van der Waals surface area contributed by atoms with Gasteiger partial charge in [0.05, 0.1) is 6.26 Å². The minimum Gasteiger partial charge on any atom is -0.452 e. The minimum absolute atomic E-state index is 0.0584. The van der Waals surface area contributed by atoms with Crippen LogP contribution >= 0.6 is 0 Å². The van der Waals surface area contributed by atoms with Crippen molar-refractivity contribution in [2.75, 3.05) is 6.54 Å². The smallest absolute Gasteiger partial charge is 0.274 e. The molecule has 0 bridgehead atoms. The normalized spacial score (nSPS) is 20.3. The van der Waals surface area contributed by atoms with Gasteiger partial charge in [-0.1, -0.05) is 19.3 Å². The second-order valence-electron chi connectivity index (χ2n) is 4.68. The van der Waals surface area contributed by atoms with Gasteiger partial charge in [-0.05, 0) is 25.0 Å². The van der Waals surface area contributed by atoms with Crippen LogP contribution in [0, 0.1) is 0 Å². The molecule has 0 atom stereocenters. The van der Waals surface area contributed by atoms with Crippen LogP contribution < -0.4 is 10.5 Å². The molecule has 0 saturated heterocycles. The summed E-state index contributed by atoms with van der Waals surface area (Å²) < 4.78 is 31.0. The summed E-state index contributed by atoms with van der Waals surface area (Å²) in [5.74, 6) is 0. The Bertz CT molecular complexity index is 447. The number of nitrogens with one attached hydrogen (secondary N) is 1. The maximum absolute atomic E-state index is 11.8. The van der Waals surface area contributed by atoms with Crippen LogP contribution in [0.2, 0.25) is 0 Å². The van der Waals surface area contributed by atoms with Crippen molar-refractivity contribution in [1.29, 1.82) is 0 Å². The molecule has 0 amide bonds. The van der Waals surface area contributed by atoms with Crippen molar-refractivity contribution in [3.05, 3.63) is 18.4 Å². The van der Waals surface area contributed by atoms with E-state index in [0.717, 1.165) is 25.7 Å². The van der Waals surface area contributed by atoms with Crippen LogP contribution in [0.15, 0.2) is 27.9 Å². The lowest BCUT2D eigenvalue weighted by molar-refractivity contribution is 0.295. The zero-order valence-corrected chi connectivity index (χ0v) is 10.5. The molecule has 1 aliphatic carbocycles. The first-order valence-electron chi connectivity index (χ1n) is 5.84. The highest BCUT2D eigenvalue weighted by molar-refractivity contribution is 7.89. The Kier molecular flexibility index (Phi) is 3.56. The molecule has 5 nitrogen and oxygen atoms in total. The maximum Gasteiger partial charge on any atom is 0.274 e. The van der Waals surface area contributed by atoms with Crippen molar-refractivity contribution >= 4 is 10.0 Å². The highest BCUT2D eigenvalue weighted by Crippen LogP contribution is 2.25. The second-order valence-corrected chi connectivity index (χ2v) is 6.38. The number of furan rings is 1. The van der Waals surface area contributed by atoms with E-state index < -0.39 is 15.6 Å². The average Bonchev–Trinajstić information content (AvgIpc) is 2.82. The Balaban J connectivity index is 1.98. The summed E-state index contributed by atoms with van der Waals surface area (Å²) >= 11 is 0. The third kappa shape index (κ3) is 3.08. The fourth-order valence-corrected chi connectivity index (χ4v) is 3.22. The molecule has 96 valence electrons. The van der Waals surface area contributed by atoms with Crippen molar-refractivity contribution in [3.8, 4) is 0 Å². The lowest BCUT2D eigenvalue weighted by atomic mass is 9.83. The molecule has 1 aromatic heterocycles. The van der Waals surface area contributed by atoms with Gasteiger partial charge in [-0.15, -0.1) is 0 Å². The maximum atomic E-state index is 11.8. The lowest BCUT2D eigenvalue weighted by Crippen LogP contribution is -2.51. The van der Waals surface area contributed by atoms with Crippen LogP contribution in [0.25, 0.3) is 0 Å². The molecule has 0 spiro atoms. The highest BCUT2D eigenvalue weighted by Gasteiger charge is 2.29. The Morgan fingerprint density at radius 2 is 2.06 bits per heavy atom. The fourth-order valence-electron chi connectivity index (χ4n) is 2.16. The van der Waals surface area contributed by atoms with E-state index in [-0.39, 0.29) is 11.6 Å². The first-order chi connectivity index (χ1) is 8.02. The Hall–Kier alpha value is -0.850. The van der Waals surface area contributed by atoms with E-state index in [1.807, 2.05) is 0 Å². The van der Waals surface area contributed by atoms with Crippen molar-refractivity contribution < 1.29 is 12.8 Å². The van der Waals surface area contributed by atoms with Crippen LogP contribution in [0.3, 0.4) is 0 Å². The number of nitrogens with two attached hydrogens (primary N) is 1. The third-order valence-electron chi connectivity index (χ3n) is 3.22. The van der Waals surface area contributed by atoms with Crippen molar-refractivity contribution in [1.82, 2.24) is 4.72 Å². The van der Waals surface area contributed by atoms with E-state index >= 15 is 0 Å². The zero-order valence-electron chi connectivity index (χ0n) is 9.69. The minimum atomic E-state index is -3.55. The number of rotatable bonds is 4. The lowest BCUT2D eigenvalue weighted by Gasteiger charge is -2.33. The fraction of sp³-hybridized carbons (Fsp3) is 0.636. The second kappa shape index (κ2) is 4.80. The van der Waals surface area contributed by atoms with Gasteiger partial charge < -0.3 is 10.2 Å². The largest absolute Gasteiger partial charge is 0.452 e. The van der Waals surface area contributed by atoms with Gasteiger partial charge in [0.1, 0.15) is 0 Å². The first kappa shape index (κ1) is 12.6. The summed E-state index contributed by atoms with van der Waals surface area (Å²) in [5, 5.41) is -0.0584. The van der Waals surface area contributed by atoms with E-state index in [1.54, 1.807) is 6.07 Å². The predicted octanol–water partition coefficient (Wildman–Crippen LogP) is 1.22. The highest BCUT2D eigenvalue weighted by atomic mass is 32.2. The first-order valence-corrected chi connectivity index (χ1v) is 7.32. The third-order valence-corrected chi connectivity index (χ3v) is 4.51. The summed E-state index contributed by atoms with van der Waals surface area (Å²) in [6, 6.07) is 2.97. The zero-order chi connectivity index (χ0) is 12.4. The number of sulfonamides is 1. The van der Waals surface area contributed by atoms with Crippen LogP contribution in [0.1, 0.15) is 32.1 Å². The van der Waals surface area contributed by atoms with Crippen LogP contribution in [-0.2, 0) is 10.0 Å². The molecule has 6 heteroatoms. The summed E-state index contributed by atoms with van der Waals surface area (Å²) in [4.78, 5) is 0. The molecule has 2 rings (SSSR count). The van der Waals surface area contributed by atoms with E-state index in [4.69, 9.17) is 10.2 Å². The van der Waals surface area contributed by atoms with Crippen molar-refractivity contribution in [2.24, 2.45) is 5.73 Å². The van der Waals surface area contributed by atoms with Crippen LogP contribution in [0.4, 0.5) is 0 Å². The molecular weight excluding hydrogens is 240 g/mol. The van der Waals surface area contributed by atoms with Gasteiger partial charge in [-0.2, -0.15) is 0 Å². The standard InChI is InChI=1S/C11H18N2O3S/c12-11(6-2-1-3-7-11)9-13-17(14,15)10-5-4-8-16-10/h4-5,8,13H,1-3,6-7,9,12H2. The molecule has 1 heterocycles. The van der Waals surface area contributed by atoms with E-state index in [9.17, 15) is 8.42 Å². The molecule has 3 N–H and O–H groups in total. The number of hydrogen-bond acceptors (Lipinski definition) is 4. The van der Waals surface area contributed by atoms with E-state index in [0.29, 0.717) is 0 Å². The molecule has 1 fully saturated rings. The molecular formula is C11H18N2O3S. The average molecular weight is 258 g/mol. The molecule has 0 aliphatic heterocycles. The summed E-state index contributed by atoms with van der Waals surface area (Å²) in [5.41, 5.74) is 5.76. The SMILES string of the molecule is NC1(CNS(=O)(=O)c2ccco2)CCCCC1. The van der Waals surface area contributed by atoms with Crippen LogP contribution in [-0.4, -0.2) is 20.5 Å². The van der Waals surface area contributed by atoms with Gasteiger partial charge in [0.2, 0.25) is 5.09 Å². The van der Waals surface area contributed by atoms with Gasteiger partial charge in [0.25, 0.3) is 10.0 Å². The Morgan fingerprint density at radius 3 is 2.65 bits per heavy atom. The molecule has 0 unspecified atom stereocenters. The van der Waals surface area contributed by atoms with E-state index in [1.165, 1.54) is 18.8 Å². The van der Waals surface area contributed by atoms with Crippen molar-refractivity contribution in [3.63, 3.8) is 0 Å². The molecule has 1 saturated carbocycles. The molecule has 0 aromatic carbocycles. The van der Waals surface area contributed by atoms with E-state index in [2.05, 4.69) is 4.72 Å². The number of hydrogen-bond donors (Lipinski definition) is 2. The topological polar surface area (TPSA) is 85.3 Å². The Morgan fingerprint density at radius 1 is 1.35 bits per heavy atom. The van der Waals surface area contributed by atoms with Gasteiger partial charge >= 0.3 is 0 Å². The molecule has 1 aromatic rings. The van der Waals surface area contributed by atoms with Gasteiger partial charge in [0.15, 0.2) is 0 Å². The predicted molar refractivity (Wildman–Crippen MR) is 63.9 cm³/mol.